The lowest BCUT2D eigenvalue weighted by atomic mass is 10.0. The zero-order valence-electron chi connectivity index (χ0n) is 18.4. The van der Waals surface area contributed by atoms with Crippen molar-refractivity contribution in [3.63, 3.8) is 0 Å². The molecule has 2 aromatic heterocycles. The molecular weight excluding hydrogens is 485 g/mol. The zero-order valence-corrected chi connectivity index (χ0v) is 19.9. The largest absolute Gasteiger partial charge is 0.338 e. The number of hydrogen-bond donors (Lipinski definition) is 1. The topological polar surface area (TPSA) is 60.8 Å². The molecule has 0 spiro atoms. The van der Waals surface area contributed by atoms with E-state index in [0.717, 1.165) is 19.4 Å². The molecule has 1 aromatic carbocycles. The van der Waals surface area contributed by atoms with Crippen LogP contribution in [0.1, 0.15) is 40.9 Å². The van der Waals surface area contributed by atoms with E-state index in [4.69, 9.17) is 23.2 Å². The van der Waals surface area contributed by atoms with Crippen LogP contribution < -0.4 is 5.56 Å². The van der Waals surface area contributed by atoms with Crippen LogP contribution >= 0.6 is 23.2 Å². The fourth-order valence-corrected chi connectivity index (χ4v) is 5.50. The highest BCUT2D eigenvalue weighted by molar-refractivity contribution is 6.42. The molecule has 6 nitrogen and oxygen atoms in total. The van der Waals surface area contributed by atoms with Crippen LogP contribution in [0.3, 0.4) is 0 Å². The van der Waals surface area contributed by atoms with Crippen molar-refractivity contribution in [2.75, 3.05) is 26.2 Å². The molecule has 34 heavy (non-hydrogen) atoms. The summed E-state index contributed by atoms with van der Waals surface area (Å²) in [6.45, 7) is 2.24. The summed E-state index contributed by atoms with van der Waals surface area (Å²) in [7, 11) is 0. The molecule has 2 saturated heterocycles. The number of aromatic nitrogens is 2. The predicted octanol–water partition coefficient (Wildman–Crippen LogP) is 4.31. The zero-order chi connectivity index (χ0) is 24.0. The second-order valence-electron chi connectivity index (χ2n) is 9.01. The van der Waals surface area contributed by atoms with Crippen LogP contribution in [0.15, 0.2) is 35.3 Å². The van der Waals surface area contributed by atoms with E-state index < -0.39 is 12.0 Å². The van der Waals surface area contributed by atoms with Gasteiger partial charge in [-0.2, -0.15) is 0 Å². The van der Waals surface area contributed by atoms with Gasteiger partial charge in [0.2, 0.25) is 0 Å². The molecule has 2 fully saturated rings. The lowest BCUT2D eigenvalue weighted by molar-refractivity contribution is 0.0634. The summed E-state index contributed by atoms with van der Waals surface area (Å²) >= 11 is 12.4. The van der Waals surface area contributed by atoms with E-state index >= 15 is 0 Å². The van der Waals surface area contributed by atoms with Crippen LogP contribution in [-0.4, -0.2) is 63.5 Å². The van der Waals surface area contributed by atoms with Crippen LogP contribution in [0, 0.1) is 5.82 Å². The molecule has 0 radical (unpaired) electrons. The van der Waals surface area contributed by atoms with Gasteiger partial charge in [-0.05, 0) is 43.0 Å². The van der Waals surface area contributed by atoms with Crippen molar-refractivity contribution in [2.24, 2.45) is 0 Å². The lowest BCUT2D eigenvalue weighted by Crippen LogP contribution is -2.46. The number of likely N-dealkylation sites (tertiary alicyclic amines) is 2. The molecule has 1 atom stereocenters. The summed E-state index contributed by atoms with van der Waals surface area (Å²) in [6, 6.07) is 6.20. The molecule has 3 aromatic rings. The number of rotatable bonds is 4. The van der Waals surface area contributed by atoms with Gasteiger partial charge in [0.15, 0.2) is 0 Å². The Hall–Kier alpha value is -2.42. The molecule has 10 heteroatoms. The van der Waals surface area contributed by atoms with Gasteiger partial charge in [-0.3, -0.25) is 18.9 Å². The standard InChI is InChI=1S/C24H24Cl2F2N4O2/c25-19-11-21-23(33)29-12-17(32(21)22(19)26)9-14-1-2-20(28)18(10-14)24(34)30-7-4-16(5-8-30)31-6-3-15(27)13-31/h1-2,10-12,15-16H,3-9,13H2,(H,29,33)/t15-/m0/s1. The highest BCUT2D eigenvalue weighted by atomic mass is 35.5. The molecule has 2 aliphatic heterocycles. The summed E-state index contributed by atoms with van der Waals surface area (Å²) in [5.74, 6) is -0.930. The van der Waals surface area contributed by atoms with Crippen molar-refractivity contribution >= 4 is 34.6 Å². The van der Waals surface area contributed by atoms with Gasteiger partial charge in [0.1, 0.15) is 22.7 Å². The van der Waals surface area contributed by atoms with E-state index in [2.05, 4.69) is 9.88 Å². The highest BCUT2D eigenvalue weighted by Gasteiger charge is 2.32. The third kappa shape index (κ3) is 4.34. The number of piperidine rings is 1. The Kier molecular flexibility index (Phi) is 6.39. The number of nitrogens with one attached hydrogen (secondary N) is 1. The normalized spacial score (nSPS) is 19.9. The summed E-state index contributed by atoms with van der Waals surface area (Å²) in [6.07, 6.45) is 3.15. The second kappa shape index (κ2) is 9.32. The Labute approximate surface area is 205 Å². The second-order valence-corrected chi connectivity index (χ2v) is 9.77. The van der Waals surface area contributed by atoms with E-state index in [9.17, 15) is 18.4 Å². The third-order valence-electron chi connectivity index (χ3n) is 6.86. The third-order valence-corrected chi connectivity index (χ3v) is 7.62. The van der Waals surface area contributed by atoms with Crippen molar-refractivity contribution in [1.82, 2.24) is 19.2 Å². The number of halogens is 4. The van der Waals surface area contributed by atoms with Crippen molar-refractivity contribution in [3.05, 3.63) is 73.6 Å². The fraction of sp³-hybridized carbons (Fsp3) is 0.417. The van der Waals surface area contributed by atoms with Crippen molar-refractivity contribution < 1.29 is 13.6 Å². The molecule has 180 valence electrons. The Morgan fingerprint density at radius 3 is 2.59 bits per heavy atom. The summed E-state index contributed by atoms with van der Waals surface area (Å²) in [4.78, 5) is 31.8. The Balaban J connectivity index is 1.34. The van der Waals surface area contributed by atoms with Gasteiger partial charge in [0, 0.05) is 50.5 Å². The lowest BCUT2D eigenvalue weighted by Gasteiger charge is -2.36. The summed E-state index contributed by atoms with van der Waals surface area (Å²) in [5.41, 5.74) is 1.34. The molecule has 1 amide bonds. The number of hydrogen-bond acceptors (Lipinski definition) is 3. The van der Waals surface area contributed by atoms with Gasteiger partial charge < -0.3 is 9.88 Å². The van der Waals surface area contributed by atoms with Gasteiger partial charge in [-0.15, -0.1) is 0 Å². The van der Waals surface area contributed by atoms with Gasteiger partial charge in [0.05, 0.1) is 10.6 Å². The van der Waals surface area contributed by atoms with Gasteiger partial charge in [-0.25, -0.2) is 8.78 Å². The number of carbonyl (C=O) groups excluding carboxylic acids is 1. The first-order chi connectivity index (χ1) is 16.3. The van der Waals surface area contributed by atoms with Crippen LogP contribution in [0.4, 0.5) is 8.78 Å². The molecule has 1 N–H and O–H groups in total. The number of benzene rings is 1. The maximum Gasteiger partial charge on any atom is 0.272 e. The predicted molar refractivity (Wildman–Crippen MR) is 127 cm³/mol. The van der Waals surface area contributed by atoms with E-state index in [0.29, 0.717) is 49.2 Å². The molecule has 5 rings (SSSR count). The smallest absolute Gasteiger partial charge is 0.272 e. The SMILES string of the molecule is O=C(c1cc(Cc2c[nH]c(=O)c3cc(Cl)c(Cl)n23)ccc1F)N1CCC(N2CC[C@H](F)C2)CC1. The number of alkyl halides is 1. The summed E-state index contributed by atoms with van der Waals surface area (Å²) < 4.78 is 29.8. The van der Waals surface area contributed by atoms with Crippen molar-refractivity contribution in [2.45, 2.75) is 37.9 Å². The molecule has 0 saturated carbocycles. The number of amides is 1. The molecule has 0 aliphatic carbocycles. The minimum absolute atomic E-state index is 0.0123. The maximum absolute atomic E-state index is 14.7. The molecule has 0 bridgehead atoms. The van der Waals surface area contributed by atoms with Crippen molar-refractivity contribution in [3.8, 4) is 0 Å². The van der Waals surface area contributed by atoms with E-state index in [1.165, 1.54) is 18.3 Å². The number of aromatic amines is 1. The Morgan fingerprint density at radius 1 is 1.12 bits per heavy atom. The van der Waals surface area contributed by atoms with Gasteiger partial charge >= 0.3 is 0 Å². The molecule has 4 heterocycles. The highest BCUT2D eigenvalue weighted by Crippen LogP contribution is 2.28. The quantitative estimate of drug-likeness (QED) is 0.571. The van der Waals surface area contributed by atoms with Crippen LogP contribution in [0.5, 0.6) is 0 Å². The monoisotopic (exact) mass is 508 g/mol. The number of carbonyl (C=O) groups is 1. The Bertz CT molecular complexity index is 1300. The first kappa shape index (κ1) is 23.3. The minimum Gasteiger partial charge on any atom is -0.338 e. The first-order valence-corrected chi connectivity index (χ1v) is 12.1. The van der Waals surface area contributed by atoms with Crippen LogP contribution in [0.25, 0.3) is 5.52 Å². The van der Waals surface area contributed by atoms with Gasteiger partial charge in [0.25, 0.3) is 11.5 Å². The van der Waals surface area contributed by atoms with Crippen molar-refractivity contribution in [1.29, 1.82) is 0 Å². The maximum atomic E-state index is 14.7. The number of nitrogens with zero attached hydrogens (tertiary/aromatic N) is 3. The molecule has 2 aliphatic rings. The van der Waals surface area contributed by atoms with E-state index in [1.807, 2.05) is 0 Å². The molecule has 0 unspecified atom stereocenters. The van der Waals surface area contributed by atoms with Crippen LogP contribution in [-0.2, 0) is 6.42 Å². The fourth-order valence-electron chi connectivity index (χ4n) is 5.06. The van der Waals surface area contributed by atoms with E-state index in [1.54, 1.807) is 21.4 Å². The first-order valence-electron chi connectivity index (χ1n) is 11.3. The minimum atomic E-state index is -0.766. The van der Waals surface area contributed by atoms with Crippen LogP contribution in [0.2, 0.25) is 10.2 Å². The number of H-pyrrole nitrogens is 1. The average Bonchev–Trinajstić information content (AvgIpc) is 3.40. The van der Waals surface area contributed by atoms with Gasteiger partial charge in [-0.1, -0.05) is 29.3 Å². The number of fused-ring (bicyclic) bond motifs is 1. The average molecular weight is 509 g/mol. The molecular formula is C24H24Cl2F2N4O2. The Morgan fingerprint density at radius 2 is 1.88 bits per heavy atom. The summed E-state index contributed by atoms with van der Waals surface area (Å²) in [5, 5.41) is 0.477. The van der Waals surface area contributed by atoms with E-state index in [-0.39, 0.29) is 33.2 Å².